The van der Waals surface area contributed by atoms with E-state index in [4.69, 9.17) is 4.74 Å². The predicted molar refractivity (Wildman–Crippen MR) is 108 cm³/mol. The van der Waals surface area contributed by atoms with Crippen LogP contribution in [-0.2, 0) is 0 Å². The lowest BCUT2D eigenvalue weighted by Crippen LogP contribution is -2.08. The van der Waals surface area contributed by atoms with Gasteiger partial charge in [0.25, 0.3) is 0 Å². The number of hydrogen-bond donors (Lipinski definition) is 2. The van der Waals surface area contributed by atoms with E-state index in [1.165, 1.54) is 19.2 Å². The number of hydrogen-bond acceptors (Lipinski definition) is 6. The number of benzene rings is 3. The number of aromatic carboxylic acids is 2. The monoisotopic (exact) mass is 406 g/mol. The number of carboxylic acids is 2. The van der Waals surface area contributed by atoms with E-state index in [1.807, 2.05) is 24.3 Å². The first-order valence-electron chi connectivity index (χ1n) is 8.48. The fourth-order valence-electron chi connectivity index (χ4n) is 2.90. The van der Waals surface area contributed by atoms with Gasteiger partial charge in [0.1, 0.15) is 11.1 Å². The van der Waals surface area contributed by atoms with Gasteiger partial charge in [0.05, 0.1) is 44.7 Å². The molecule has 1 heterocycles. The summed E-state index contributed by atoms with van der Waals surface area (Å²) in [7, 11) is 1.50. The predicted octanol–water partition coefficient (Wildman–Crippen LogP) is 4.04. The van der Waals surface area contributed by atoms with Crippen LogP contribution in [-0.4, -0.2) is 34.2 Å². The number of ether oxygens (including phenoxy) is 1. The molecule has 2 aliphatic rings. The van der Waals surface area contributed by atoms with E-state index < -0.39 is 11.9 Å². The van der Waals surface area contributed by atoms with Gasteiger partial charge < -0.3 is 14.9 Å². The van der Waals surface area contributed by atoms with E-state index in [9.17, 15) is 19.8 Å². The van der Waals surface area contributed by atoms with Crippen LogP contribution in [0.15, 0.2) is 59.6 Å². The fraction of sp³-hybridized carbons (Fsp3) is 0.0476. The quantitative estimate of drug-likeness (QED) is 0.495. The molecule has 2 aromatic carbocycles. The van der Waals surface area contributed by atoms with Crippen LogP contribution >= 0.6 is 11.3 Å². The van der Waals surface area contributed by atoms with Gasteiger partial charge in [-0.2, -0.15) is 0 Å². The molecule has 0 saturated carbocycles. The van der Waals surface area contributed by atoms with E-state index in [0.717, 1.165) is 26.9 Å². The minimum absolute atomic E-state index is 0.154. The maximum atomic E-state index is 11.3. The number of carboxylic acid groups (broad SMARTS) is 2. The minimum Gasteiger partial charge on any atom is -0.494 e. The highest BCUT2D eigenvalue weighted by atomic mass is 32.1. The van der Waals surface area contributed by atoms with Crippen LogP contribution in [0.4, 0.5) is 5.69 Å². The van der Waals surface area contributed by atoms with Crippen LogP contribution in [0.25, 0.3) is 20.8 Å². The van der Waals surface area contributed by atoms with Crippen molar-refractivity contribution in [3.8, 4) is 16.3 Å². The van der Waals surface area contributed by atoms with E-state index >= 15 is 0 Å². The number of carbonyl (C=O) groups is 2. The first-order chi connectivity index (χ1) is 13.9. The Balaban J connectivity index is 1.96. The number of methoxy groups -OCH3 is 1. The highest BCUT2D eigenvalue weighted by Crippen LogP contribution is 2.31. The molecule has 0 unspecified atom stereocenters. The molecular weight excluding hydrogens is 392 g/mol. The molecule has 0 fully saturated rings. The highest BCUT2D eigenvalue weighted by molar-refractivity contribution is 7.21. The molecule has 0 radical (unpaired) electrons. The molecule has 1 aliphatic heterocycles. The maximum Gasteiger partial charge on any atom is 0.335 e. The highest BCUT2D eigenvalue weighted by Gasteiger charge is 2.13. The van der Waals surface area contributed by atoms with Crippen molar-refractivity contribution in [2.24, 2.45) is 4.99 Å². The molecule has 0 bridgehead atoms. The van der Waals surface area contributed by atoms with Crippen molar-refractivity contribution in [3.05, 3.63) is 71.1 Å². The van der Waals surface area contributed by atoms with Gasteiger partial charge in [-0.25, -0.2) is 19.6 Å². The number of aromatic nitrogens is 1. The normalized spacial score (nSPS) is 11.7. The van der Waals surface area contributed by atoms with Gasteiger partial charge in [0.2, 0.25) is 0 Å². The van der Waals surface area contributed by atoms with Crippen molar-refractivity contribution in [1.29, 1.82) is 0 Å². The topological polar surface area (TPSA) is 109 Å². The average molecular weight is 406 g/mol. The molecule has 1 aliphatic carbocycles. The summed E-state index contributed by atoms with van der Waals surface area (Å²) in [6.45, 7) is 0. The standard InChI is InChI=1S/C21H14N2O5S/c1-28-17-9-16-19(29-18-5-3-2-4-14(18)23-16)10-15(17)22-13-7-11(20(24)25)6-12(8-13)21(26)27/h2-10H,1H3,(H,24,25)(H,26,27)/b22-15-. The molecule has 144 valence electrons. The van der Waals surface area contributed by atoms with Crippen molar-refractivity contribution >= 4 is 39.2 Å². The molecule has 0 atom stereocenters. The molecule has 4 rings (SSSR count). The molecule has 0 aromatic heterocycles. The molecular formula is C21H14N2O5S. The first kappa shape index (κ1) is 18.6. The number of rotatable bonds is 4. The van der Waals surface area contributed by atoms with Crippen molar-refractivity contribution in [3.63, 3.8) is 0 Å². The molecule has 0 amide bonds. The Morgan fingerprint density at radius 2 is 1.69 bits per heavy atom. The van der Waals surface area contributed by atoms with E-state index in [-0.39, 0.29) is 16.8 Å². The SMILES string of the molecule is COc1cc2nc3ccccc3sc-2c/c1=N/c1cc(C(=O)O)cc(C(=O)O)c1. The van der Waals surface area contributed by atoms with Crippen molar-refractivity contribution in [2.75, 3.05) is 7.11 Å². The van der Waals surface area contributed by atoms with Crippen molar-refractivity contribution in [2.45, 2.75) is 0 Å². The lowest BCUT2D eigenvalue weighted by molar-refractivity contribution is 0.0696. The molecule has 2 N–H and O–H groups in total. The Kier molecular flexibility index (Phi) is 4.69. The fourth-order valence-corrected chi connectivity index (χ4v) is 3.89. The summed E-state index contributed by atoms with van der Waals surface area (Å²) in [5.41, 5.74) is 1.52. The zero-order chi connectivity index (χ0) is 20.5. The van der Waals surface area contributed by atoms with Crippen LogP contribution in [0.3, 0.4) is 0 Å². The maximum absolute atomic E-state index is 11.3. The summed E-state index contributed by atoms with van der Waals surface area (Å²) < 4.78 is 6.44. The number of fused-ring (bicyclic) bond motifs is 2. The lowest BCUT2D eigenvalue weighted by atomic mass is 10.1. The largest absolute Gasteiger partial charge is 0.494 e. The Morgan fingerprint density at radius 1 is 1.00 bits per heavy atom. The second kappa shape index (κ2) is 7.33. The summed E-state index contributed by atoms with van der Waals surface area (Å²) >= 11 is 1.54. The lowest BCUT2D eigenvalue weighted by Gasteiger charge is -2.09. The third-order valence-corrected chi connectivity index (χ3v) is 5.36. The zero-order valence-corrected chi connectivity index (χ0v) is 15.9. The minimum atomic E-state index is -1.23. The summed E-state index contributed by atoms with van der Waals surface area (Å²) in [5.74, 6) is -2.01. The van der Waals surface area contributed by atoms with Crippen LogP contribution in [0.1, 0.15) is 20.7 Å². The third-order valence-electron chi connectivity index (χ3n) is 4.25. The van der Waals surface area contributed by atoms with E-state index in [2.05, 4.69) is 9.98 Å². The van der Waals surface area contributed by atoms with Crippen LogP contribution in [0, 0.1) is 0 Å². The van der Waals surface area contributed by atoms with Crippen LogP contribution < -0.4 is 10.1 Å². The molecule has 8 heteroatoms. The summed E-state index contributed by atoms with van der Waals surface area (Å²) in [4.78, 5) is 32.6. The Labute approximate surface area is 168 Å². The summed E-state index contributed by atoms with van der Waals surface area (Å²) in [6.07, 6.45) is 0. The third kappa shape index (κ3) is 3.65. The smallest absolute Gasteiger partial charge is 0.335 e. The number of nitrogens with zero attached hydrogens (tertiary/aromatic N) is 2. The van der Waals surface area contributed by atoms with Gasteiger partial charge in [0.15, 0.2) is 0 Å². The first-order valence-corrected chi connectivity index (χ1v) is 9.30. The van der Waals surface area contributed by atoms with E-state index in [1.54, 1.807) is 23.5 Å². The molecule has 7 nitrogen and oxygen atoms in total. The van der Waals surface area contributed by atoms with Gasteiger partial charge >= 0.3 is 11.9 Å². The Bertz CT molecular complexity index is 1280. The summed E-state index contributed by atoms with van der Waals surface area (Å²) in [5, 5.41) is 19.0. The Morgan fingerprint density at radius 3 is 2.34 bits per heavy atom. The van der Waals surface area contributed by atoms with Gasteiger partial charge in [-0.15, -0.1) is 11.3 Å². The van der Waals surface area contributed by atoms with Crippen molar-refractivity contribution < 1.29 is 24.5 Å². The molecule has 29 heavy (non-hydrogen) atoms. The average Bonchev–Trinajstić information content (AvgIpc) is 2.71. The molecule has 0 saturated heterocycles. The van der Waals surface area contributed by atoms with Gasteiger partial charge in [-0.3, -0.25) is 0 Å². The van der Waals surface area contributed by atoms with Gasteiger partial charge in [0, 0.05) is 6.07 Å². The van der Waals surface area contributed by atoms with E-state index in [0.29, 0.717) is 11.1 Å². The van der Waals surface area contributed by atoms with Crippen LogP contribution in [0.5, 0.6) is 5.75 Å². The van der Waals surface area contributed by atoms with Gasteiger partial charge in [-0.1, -0.05) is 12.1 Å². The van der Waals surface area contributed by atoms with Crippen LogP contribution in [0.2, 0.25) is 0 Å². The second-order valence-corrected chi connectivity index (χ2v) is 7.25. The Hall–Kier alpha value is -3.78. The number of para-hydroxylation sites is 1. The van der Waals surface area contributed by atoms with Gasteiger partial charge in [-0.05, 0) is 36.4 Å². The molecule has 2 aromatic rings. The van der Waals surface area contributed by atoms with Crippen molar-refractivity contribution in [1.82, 2.24) is 4.98 Å². The zero-order valence-electron chi connectivity index (χ0n) is 15.1. The summed E-state index contributed by atoms with van der Waals surface area (Å²) in [6, 6.07) is 15.1. The molecule has 0 spiro atoms. The second-order valence-electron chi connectivity index (χ2n) is 6.16.